The summed E-state index contributed by atoms with van der Waals surface area (Å²) in [5.74, 6) is -0.214. The minimum Gasteiger partial charge on any atom is -0.444 e. The number of hydrogen-bond acceptors (Lipinski definition) is 4. The van der Waals surface area contributed by atoms with E-state index in [9.17, 15) is 14.7 Å². The third-order valence-corrected chi connectivity index (χ3v) is 3.96. The minimum atomic E-state index is -0.576. The van der Waals surface area contributed by atoms with Gasteiger partial charge in [0.25, 0.3) is 0 Å². The van der Waals surface area contributed by atoms with E-state index >= 15 is 0 Å². The van der Waals surface area contributed by atoms with Gasteiger partial charge in [-0.3, -0.25) is 9.69 Å². The SMILES string of the molecule is CC(=O)[C@@H]1[C@@H]2CC[C@@H](C[C@H]2O)N1C(=O)OC(C)(C)C. The first-order valence-corrected chi connectivity index (χ1v) is 6.90. The fraction of sp³-hybridized carbons (Fsp3) is 0.857. The number of aliphatic hydroxyl groups is 1. The topological polar surface area (TPSA) is 66.8 Å². The van der Waals surface area contributed by atoms with Gasteiger partial charge in [0.2, 0.25) is 0 Å². The molecule has 0 spiro atoms. The maximum atomic E-state index is 12.3. The Morgan fingerprint density at radius 2 is 1.89 bits per heavy atom. The summed E-state index contributed by atoms with van der Waals surface area (Å²) in [6.45, 7) is 6.91. The molecule has 0 radical (unpaired) electrons. The monoisotopic (exact) mass is 269 g/mol. The Morgan fingerprint density at radius 3 is 2.37 bits per heavy atom. The molecular formula is C14H23NO4. The fourth-order valence-electron chi connectivity index (χ4n) is 3.28. The zero-order chi connectivity index (χ0) is 14.4. The van der Waals surface area contributed by atoms with E-state index in [4.69, 9.17) is 4.74 Å². The molecule has 5 heteroatoms. The molecule has 1 aliphatic carbocycles. The number of Topliss-reactive ketones (excluding diaryl/α,β-unsaturated/α-hetero) is 1. The number of rotatable bonds is 1. The summed E-state index contributed by atoms with van der Waals surface area (Å²) in [6.07, 6.45) is 1.27. The maximum Gasteiger partial charge on any atom is 0.411 e. The minimum absolute atomic E-state index is 0.0701. The van der Waals surface area contributed by atoms with Crippen molar-refractivity contribution < 1.29 is 19.4 Å². The highest BCUT2D eigenvalue weighted by molar-refractivity contribution is 5.86. The van der Waals surface area contributed by atoms with E-state index in [2.05, 4.69) is 0 Å². The molecule has 2 bridgehead atoms. The Balaban J connectivity index is 2.22. The van der Waals surface area contributed by atoms with Crippen molar-refractivity contribution in [3.05, 3.63) is 0 Å². The molecule has 3 aliphatic rings. The molecule has 108 valence electrons. The first kappa shape index (κ1) is 14.3. The van der Waals surface area contributed by atoms with Crippen molar-refractivity contribution >= 4 is 11.9 Å². The zero-order valence-corrected chi connectivity index (χ0v) is 12.0. The van der Waals surface area contributed by atoms with Crippen molar-refractivity contribution in [3.8, 4) is 0 Å². The van der Waals surface area contributed by atoms with Gasteiger partial charge in [0, 0.05) is 12.0 Å². The Hall–Kier alpha value is -1.10. The second kappa shape index (κ2) is 4.78. The molecule has 0 aromatic carbocycles. The van der Waals surface area contributed by atoms with Gasteiger partial charge in [-0.2, -0.15) is 0 Å². The second-order valence-electron chi connectivity index (χ2n) is 6.64. The van der Waals surface area contributed by atoms with Gasteiger partial charge >= 0.3 is 6.09 Å². The fourth-order valence-corrected chi connectivity index (χ4v) is 3.28. The predicted octanol–water partition coefficient (Wildman–Crippen LogP) is 1.72. The summed E-state index contributed by atoms with van der Waals surface area (Å²) in [5, 5.41) is 10.0. The molecule has 1 saturated carbocycles. The van der Waals surface area contributed by atoms with Crippen LogP contribution >= 0.6 is 0 Å². The summed E-state index contributed by atoms with van der Waals surface area (Å²) >= 11 is 0. The van der Waals surface area contributed by atoms with E-state index in [0.717, 1.165) is 12.8 Å². The standard InChI is InChI=1S/C14H23NO4/c1-8(16)12-10-6-5-9(7-11(10)17)15(12)13(18)19-14(2,3)4/h9-12,17H,5-7H2,1-4H3/t9-,10+,11+,12+/m0/s1. The maximum absolute atomic E-state index is 12.3. The predicted molar refractivity (Wildman–Crippen MR) is 69.7 cm³/mol. The third kappa shape index (κ3) is 2.76. The number of piperidine rings is 2. The molecule has 3 fully saturated rings. The van der Waals surface area contributed by atoms with Crippen LogP contribution in [0.15, 0.2) is 0 Å². The van der Waals surface area contributed by atoms with E-state index in [1.165, 1.54) is 6.92 Å². The van der Waals surface area contributed by atoms with E-state index in [0.29, 0.717) is 6.42 Å². The molecule has 2 saturated heterocycles. The normalized spacial score (nSPS) is 34.3. The Bertz CT molecular complexity index is 387. The van der Waals surface area contributed by atoms with Crippen LogP contribution in [-0.4, -0.2) is 45.7 Å². The van der Waals surface area contributed by atoms with Crippen LogP contribution in [0, 0.1) is 5.92 Å². The van der Waals surface area contributed by atoms with E-state index < -0.39 is 23.8 Å². The number of ketones is 1. The molecule has 2 heterocycles. The number of fused-ring (bicyclic) bond motifs is 3. The van der Waals surface area contributed by atoms with Crippen LogP contribution in [0.2, 0.25) is 0 Å². The first-order chi connectivity index (χ1) is 8.70. The van der Waals surface area contributed by atoms with Crippen molar-refractivity contribution in [2.45, 2.75) is 70.7 Å². The molecule has 1 amide bonds. The van der Waals surface area contributed by atoms with Crippen LogP contribution in [-0.2, 0) is 9.53 Å². The van der Waals surface area contributed by atoms with Gasteiger partial charge in [-0.05, 0) is 47.0 Å². The molecule has 5 nitrogen and oxygen atoms in total. The van der Waals surface area contributed by atoms with E-state index in [-0.39, 0.29) is 17.7 Å². The van der Waals surface area contributed by atoms with Crippen LogP contribution in [0.4, 0.5) is 4.79 Å². The van der Waals surface area contributed by atoms with Crippen LogP contribution in [0.25, 0.3) is 0 Å². The van der Waals surface area contributed by atoms with Gasteiger partial charge in [0.05, 0.1) is 12.1 Å². The number of carbonyl (C=O) groups is 2. The highest BCUT2D eigenvalue weighted by Crippen LogP contribution is 2.40. The number of amides is 1. The molecule has 0 aromatic rings. The van der Waals surface area contributed by atoms with E-state index in [1.54, 1.807) is 4.90 Å². The molecule has 4 atom stereocenters. The number of ether oxygens (including phenoxy) is 1. The van der Waals surface area contributed by atoms with Crippen molar-refractivity contribution in [3.63, 3.8) is 0 Å². The van der Waals surface area contributed by atoms with Gasteiger partial charge < -0.3 is 9.84 Å². The first-order valence-electron chi connectivity index (χ1n) is 6.90. The van der Waals surface area contributed by atoms with Crippen molar-refractivity contribution in [2.24, 2.45) is 5.92 Å². The lowest BCUT2D eigenvalue weighted by Gasteiger charge is -2.52. The summed E-state index contributed by atoms with van der Waals surface area (Å²) in [7, 11) is 0. The average Bonchev–Trinajstić information content (AvgIpc) is 2.25. The quantitative estimate of drug-likeness (QED) is 0.787. The third-order valence-electron chi connectivity index (χ3n) is 3.96. The molecule has 0 aromatic heterocycles. The highest BCUT2D eigenvalue weighted by atomic mass is 16.6. The molecule has 19 heavy (non-hydrogen) atoms. The second-order valence-corrected chi connectivity index (χ2v) is 6.64. The molecule has 1 N–H and O–H groups in total. The Morgan fingerprint density at radius 1 is 1.26 bits per heavy atom. The molecule has 0 unspecified atom stereocenters. The highest BCUT2D eigenvalue weighted by Gasteiger charge is 2.51. The Labute approximate surface area is 113 Å². The van der Waals surface area contributed by atoms with Gasteiger partial charge in [-0.25, -0.2) is 4.79 Å². The van der Waals surface area contributed by atoms with Crippen LogP contribution < -0.4 is 0 Å². The molecule has 3 rings (SSSR count). The summed E-state index contributed by atoms with van der Waals surface area (Å²) in [5.41, 5.74) is -0.576. The van der Waals surface area contributed by atoms with Crippen LogP contribution in [0.3, 0.4) is 0 Å². The van der Waals surface area contributed by atoms with Gasteiger partial charge in [0.1, 0.15) is 5.60 Å². The largest absolute Gasteiger partial charge is 0.444 e. The molecule has 2 aliphatic heterocycles. The van der Waals surface area contributed by atoms with Crippen LogP contribution in [0.1, 0.15) is 47.0 Å². The van der Waals surface area contributed by atoms with Gasteiger partial charge in [-0.1, -0.05) is 0 Å². The number of hydrogen-bond donors (Lipinski definition) is 1. The Kier molecular flexibility index (Phi) is 3.60. The lowest BCUT2D eigenvalue weighted by Crippen LogP contribution is -2.64. The summed E-state index contributed by atoms with van der Waals surface area (Å²) < 4.78 is 5.40. The summed E-state index contributed by atoms with van der Waals surface area (Å²) in [6, 6.07) is -0.610. The van der Waals surface area contributed by atoms with Crippen molar-refractivity contribution in [2.75, 3.05) is 0 Å². The zero-order valence-electron chi connectivity index (χ0n) is 12.0. The lowest BCUT2D eigenvalue weighted by molar-refractivity contribution is -0.139. The van der Waals surface area contributed by atoms with Crippen LogP contribution in [0.5, 0.6) is 0 Å². The van der Waals surface area contributed by atoms with Crippen molar-refractivity contribution in [1.82, 2.24) is 4.90 Å². The summed E-state index contributed by atoms with van der Waals surface area (Å²) in [4.78, 5) is 25.7. The number of carbonyl (C=O) groups excluding carboxylic acids is 2. The van der Waals surface area contributed by atoms with Crippen molar-refractivity contribution in [1.29, 1.82) is 0 Å². The molecular weight excluding hydrogens is 246 g/mol. The number of nitrogens with zero attached hydrogens (tertiary/aromatic N) is 1. The van der Waals surface area contributed by atoms with E-state index in [1.807, 2.05) is 20.8 Å². The lowest BCUT2D eigenvalue weighted by atomic mass is 9.72. The smallest absolute Gasteiger partial charge is 0.411 e. The number of aliphatic hydroxyl groups excluding tert-OH is 1. The van der Waals surface area contributed by atoms with Gasteiger partial charge in [0.15, 0.2) is 5.78 Å². The van der Waals surface area contributed by atoms with Gasteiger partial charge in [-0.15, -0.1) is 0 Å². The average molecular weight is 269 g/mol.